The summed E-state index contributed by atoms with van der Waals surface area (Å²) < 4.78 is 6.20. The topological polar surface area (TPSA) is 83.8 Å². The van der Waals surface area contributed by atoms with Crippen LogP contribution in [0, 0.1) is 40.4 Å². The second-order valence-electron chi connectivity index (χ2n) is 13.9. The molecule has 1 heterocycles. The van der Waals surface area contributed by atoms with Gasteiger partial charge in [0.25, 0.3) is 0 Å². The zero-order valence-electron chi connectivity index (χ0n) is 24.9. The van der Waals surface area contributed by atoms with Crippen molar-refractivity contribution in [1.82, 2.24) is 0 Å². The Bertz CT molecular complexity index is 1260. The summed E-state index contributed by atoms with van der Waals surface area (Å²) >= 11 is 0. The Morgan fingerprint density at radius 2 is 1.67 bits per heavy atom. The van der Waals surface area contributed by atoms with Crippen LogP contribution in [0.4, 0.5) is 0 Å². The van der Waals surface area contributed by atoms with Gasteiger partial charge in [-0.2, -0.15) is 0 Å². The summed E-state index contributed by atoms with van der Waals surface area (Å²) in [6.07, 6.45) is 11.7. The van der Waals surface area contributed by atoms with Crippen molar-refractivity contribution in [3.63, 3.8) is 0 Å². The van der Waals surface area contributed by atoms with E-state index in [4.69, 9.17) is 4.74 Å². The molecule has 2 bridgehead atoms. The Morgan fingerprint density at radius 3 is 2.36 bits per heavy atom. The fraction of sp³-hybridized carbons (Fsp3) is 0.647. The minimum absolute atomic E-state index is 0.0608. The number of ether oxygens (including phenoxy) is 1. The minimum atomic E-state index is -1.40. The van der Waals surface area contributed by atoms with Crippen molar-refractivity contribution < 1.29 is 24.5 Å². The summed E-state index contributed by atoms with van der Waals surface area (Å²) in [5.74, 6) is -1.51. The monoisotopic (exact) mass is 534 g/mol. The maximum Gasteiger partial charge on any atom is 0.346 e. The van der Waals surface area contributed by atoms with Gasteiger partial charge in [-0.3, -0.25) is 4.79 Å². The number of esters is 1. The molecule has 1 spiro atoms. The van der Waals surface area contributed by atoms with E-state index >= 15 is 0 Å². The quantitative estimate of drug-likeness (QED) is 0.200. The molecule has 1 saturated heterocycles. The molecule has 0 radical (unpaired) electrons. The molecule has 4 aliphatic carbocycles. The number of aliphatic hydroxyl groups is 2. The van der Waals surface area contributed by atoms with E-state index in [0.29, 0.717) is 12.8 Å². The largest absolute Gasteiger partial charge is 0.511 e. The van der Waals surface area contributed by atoms with E-state index in [1.165, 1.54) is 5.57 Å². The Hall–Kier alpha value is -2.40. The molecule has 0 amide bonds. The minimum Gasteiger partial charge on any atom is -0.511 e. The van der Waals surface area contributed by atoms with Crippen LogP contribution in [0.5, 0.6) is 0 Å². The molecule has 9 unspecified atom stereocenters. The molecule has 1 aliphatic heterocycles. The number of hydrogen-bond acceptors (Lipinski definition) is 5. The predicted octanol–water partition coefficient (Wildman–Crippen LogP) is 6.95. The molecule has 212 valence electrons. The lowest BCUT2D eigenvalue weighted by atomic mass is 9.49. The molecule has 0 aromatic heterocycles. The van der Waals surface area contributed by atoms with E-state index in [-0.39, 0.29) is 40.9 Å². The van der Waals surface area contributed by atoms with E-state index < -0.39 is 34.3 Å². The normalized spacial score (nSPS) is 47.9. The average Bonchev–Trinajstić information content (AvgIpc) is 3.09. The number of hydrogen-bond donors (Lipinski definition) is 2. The van der Waals surface area contributed by atoms with Gasteiger partial charge in [-0.1, -0.05) is 67.4 Å². The van der Waals surface area contributed by atoms with E-state index in [1.54, 1.807) is 0 Å². The lowest BCUT2D eigenvalue weighted by molar-refractivity contribution is -0.162. The Labute approximate surface area is 233 Å². The number of fused-ring (bicyclic) bond motifs is 4. The van der Waals surface area contributed by atoms with Gasteiger partial charge in [0.1, 0.15) is 11.3 Å². The molecule has 1 saturated carbocycles. The molecule has 0 aromatic carbocycles. The highest BCUT2D eigenvalue weighted by Gasteiger charge is 2.66. The summed E-state index contributed by atoms with van der Waals surface area (Å²) in [5.41, 5.74) is 1.15. The van der Waals surface area contributed by atoms with Gasteiger partial charge in [-0.05, 0) is 78.1 Å². The first-order valence-electron chi connectivity index (χ1n) is 14.8. The first-order valence-corrected chi connectivity index (χ1v) is 14.8. The van der Waals surface area contributed by atoms with Gasteiger partial charge in [-0.15, -0.1) is 0 Å². The molecule has 5 rings (SSSR count). The van der Waals surface area contributed by atoms with E-state index in [1.807, 2.05) is 13.8 Å². The molecule has 39 heavy (non-hydrogen) atoms. The lowest BCUT2D eigenvalue weighted by Gasteiger charge is -2.55. The number of carbonyl (C=O) groups is 2. The number of Topliss-reactive ketones (excluding diaryl/α,β-unsaturated/α-hetero) is 1. The van der Waals surface area contributed by atoms with Crippen LogP contribution in [0.3, 0.4) is 0 Å². The van der Waals surface area contributed by atoms with Gasteiger partial charge in [0.2, 0.25) is 5.78 Å². The van der Waals surface area contributed by atoms with E-state index in [9.17, 15) is 19.8 Å². The number of allylic oxidation sites excluding steroid dienone is 6. The van der Waals surface area contributed by atoms with Crippen molar-refractivity contribution in [2.45, 2.75) is 99.2 Å². The lowest BCUT2D eigenvalue weighted by Crippen LogP contribution is -2.54. The summed E-state index contributed by atoms with van der Waals surface area (Å²) in [5, 5.41) is 23.5. The second kappa shape index (κ2) is 9.33. The number of carbonyl (C=O) groups excluding carboxylic acids is 2. The van der Waals surface area contributed by atoms with Crippen LogP contribution in [0.25, 0.3) is 0 Å². The first kappa shape index (κ1) is 28.1. The highest BCUT2D eigenvalue weighted by atomic mass is 16.6. The highest BCUT2D eigenvalue weighted by Crippen LogP contribution is 2.62. The SMILES string of the molecule is CC1=CC2(C)/C=C(\C)CCC=C(C)C3C(C)=CC4C(O)CCC(C)C4C3(C)/C(O)=C3/C(=O)OC2(CC1C)C3=O. The molecular formula is C34H46O5. The molecule has 2 fully saturated rings. The summed E-state index contributed by atoms with van der Waals surface area (Å²) in [6.45, 7) is 16.6. The van der Waals surface area contributed by atoms with Crippen molar-refractivity contribution in [2.24, 2.45) is 40.4 Å². The molecule has 9 atom stereocenters. The smallest absolute Gasteiger partial charge is 0.346 e. The maximum atomic E-state index is 14.6. The van der Waals surface area contributed by atoms with Crippen LogP contribution in [-0.2, 0) is 14.3 Å². The number of ketones is 1. The van der Waals surface area contributed by atoms with Gasteiger partial charge >= 0.3 is 5.97 Å². The standard InChI is InChI=1S/C34H46O5/c1-18-10-9-11-19(2)27-21(4)14-24-25(35)13-12-20(3)28(24)33(27,8)29(36)26-30(37)34(39-31(26)38)17-23(6)22(5)16-32(34,7)15-18/h11,14-16,20,23-25,27-28,35-36H,9-10,12-13,17H2,1-8H3/b18-15+,19-11?,29-26-. The molecule has 2 N–H and O–H groups in total. The van der Waals surface area contributed by atoms with Crippen molar-refractivity contribution in [3.8, 4) is 0 Å². The zero-order valence-corrected chi connectivity index (χ0v) is 24.9. The second-order valence-corrected chi connectivity index (χ2v) is 13.9. The maximum absolute atomic E-state index is 14.6. The van der Waals surface area contributed by atoms with Crippen LogP contribution in [0.15, 0.2) is 57.9 Å². The summed E-state index contributed by atoms with van der Waals surface area (Å²) in [7, 11) is 0. The van der Waals surface area contributed by atoms with Gasteiger partial charge in [-0.25, -0.2) is 4.79 Å². The van der Waals surface area contributed by atoms with E-state index in [2.05, 4.69) is 65.8 Å². The van der Waals surface area contributed by atoms with Crippen molar-refractivity contribution in [3.05, 3.63) is 57.9 Å². The van der Waals surface area contributed by atoms with Crippen LogP contribution >= 0.6 is 0 Å². The predicted molar refractivity (Wildman–Crippen MR) is 153 cm³/mol. The average molecular weight is 535 g/mol. The number of rotatable bonds is 0. The Balaban J connectivity index is 1.82. The summed E-state index contributed by atoms with van der Waals surface area (Å²) in [4.78, 5) is 28.4. The van der Waals surface area contributed by atoms with Crippen LogP contribution in [0.1, 0.15) is 87.5 Å². The third kappa shape index (κ3) is 3.89. The molecule has 5 nitrogen and oxygen atoms in total. The van der Waals surface area contributed by atoms with Gasteiger partial charge in [0, 0.05) is 23.7 Å². The van der Waals surface area contributed by atoms with Gasteiger partial charge < -0.3 is 14.9 Å². The Kier molecular flexibility index (Phi) is 6.73. The summed E-state index contributed by atoms with van der Waals surface area (Å²) in [6, 6.07) is 0. The Morgan fingerprint density at radius 1 is 0.974 bits per heavy atom. The van der Waals surface area contributed by atoms with Crippen molar-refractivity contribution in [1.29, 1.82) is 0 Å². The third-order valence-electron chi connectivity index (χ3n) is 11.2. The van der Waals surface area contributed by atoms with Crippen LogP contribution in [-0.4, -0.2) is 33.7 Å². The van der Waals surface area contributed by atoms with Crippen molar-refractivity contribution in [2.75, 3.05) is 0 Å². The van der Waals surface area contributed by atoms with Crippen molar-refractivity contribution >= 4 is 11.8 Å². The zero-order chi connectivity index (χ0) is 28.7. The van der Waals surface area contributed by atoms with Crippen LogP contribution in [0.2, 0.25) is 0 Å². The number of aliphatic hydroxyl groups excluding tert-OH is 2. The molecular weight excluding hydrogens is 488 g/mol. The van der Waals surface area contributed by atoms with Crippen LogP contribution < -0.4 is 0 Å². The first-order chi connectivity index (χ1) is 18.2. The highest BCUT2D eigenvalue weighted by molar-refractivity contribution is 6.26. The molecule has 5 heteroatoms. The molecule has 0 aromatic rings. The fourth-order valence-electron chi connectivity index (χ4n) is 9.27. The fourth-order valence-corrected chi connectivity index (χ4v) is 9.27. The van der Waals surface area contributed by atoms with Gasteiger partial charge in [0.05, 0.1) is 11.5 Å². The van der Waals surface area contributed by atoms with E-state index in [0.717, 1.165) is 36.0 Å². The molecule has 5 aliphatic rings. The third-order valence-corrected chi connectivity index (χ3v) is 11.2. The van der Waals surface area contributed by atoms with Gasteiger partial charge in [0.15, 0.2) is 5.60 Å².